The maximum absolute atomic E-state index is 11.3. The van der Waals surface area contributed by atoms with E-state index in [0.717, 1.165) is 3.57 Å². The normalized spacial score (nSPS) is 12.9. The van der Waals surface area contributed by atoms with Crippen LogP contribution in [0.3, 0.4) is 0 Å². The molecule has 0 amide bonds. The van der Waals surface area contributed by atoms with Crippen LogP contribution in [0.2, 0.25) is 0 Å². The molecule has 25 heavy (non-hydrogen) atoms. The minimum Gasteiger partial charge on any atom is -0.374 e. The van der Waals surface area contributed by atoms with E-state index in [1.54, 1.807) is 18.3 Å². The molecule has 1 aromatic carbocycles. The molecule has 0 spiro atoms. The Kier molecular flexibility index (Phi) is 6.54. The second-order valence-corrected chi connectivity index (χ2v) is 8.60. The van der Waals surface area contributed by atoms with Crippen molar-refractivity contribution < 1.29 is 13.5 Å². The van der Waals surface area contributed by atoms with Crippen LogP contribution in [0.25, 0.3) is 0 Å². The Balaban J connectivity index is 2.14. The fraction of sp³-hybridized carbons (Fsp3) is 0.333. The van der Waals surface area contributed by atoms with Gasteiger partial charge in [0.1, 0.15) is 12.0 Å². The topological polar surface area (TPSA) is 130 Å². The Morgan fingerprint density at radius 3 is 2.48 bits per heavy atom. The number of primary sulfonamides is 1. The lowest BCUT2D eigenvalue weighted by atomic mass is 10.1. The molecule has 0 aliphatic carbocycles. The third kappa shape index (κ3) is 6.06. The van der Waals surface area contributed by atoms with Crippen molar-refractivity contribution in [1.29, 1.82) is 0 Å². The molecular weight excluding hydrogens is 457 g/mol. The summed E-state index contributed by atoms with van der Waals surface area (Å²) in [6, 6.07) is 5.94. The summed E-state index contributed by atoms with van der Waals surface area (Å²) in [4.78, 5) is 8.55. The average Bonchev–Trinajstić information content (AvgIpc) is 2.49. The quantitative estimate of drug-likeness (QED) is 0.356. The lowest BCUT2D eigenvalue weighted by Crippen LogP contribution is -2.22. The van der Waals surface area contributed by atoms with E-state index in [1.165, 1.54) is 12.1 Å². The SMILES string of the molecule is CC(C)CC(O)Nc1nc(Nc2ccc(S(N)(=O)=O)cc2)ncc1I. The first kappa shape index (κ1) is 19.8. The number of nitrogens with one attached hydrogen (secondary N) is 2. The Morgan fingerprint density at radius 2 is 1.92 bits per heavy atom. The molecule has 1 unspecified atom stereocenters. The van der Waals surface area contributed by atoms with E-state index in [9.17, 15) is 13.5 Å². The number of hydrogen-bond donors (Lipinski definition) is 4. The molecular formula is C15H20IN5O3S. The summed E-state index contributed by atoms with van der Waals surface area (Å²) in [5, 5.41) is 21.0. The van der Waals surface area contributed by atoms with E-state index in [0.29, 0.717) is 29.8 Å². The summed E-state index contributed by atoms with van der Waals surface area (Å²) in [6.45, 7) is 4.04. The van der Waals surface area contributed by atoms with Gasteiger partial charge < -0.3 is 15.7 Å². The standard InChI is InChI=1S/C15H20IN5O3S/c1-9(2)7-13(22)20-14-12(16)8-18-15(21-14)19-10-3-5-11(6-4-10)25(17,23)24/h3-6,8-9,13,22H,7H2,1-2H3,(H2,17,23,24)(H2,18,19,20,21). The maximum atomic E-state index is 11.3. The number of sulfonamides is 1. The Labute approximate surface area is 160 Å². The van der Waals surface area contributed by atoms with Crippen LogP contribution in [0, 0.1) is 9.49 Å². The number of nitrogens with two attached hydrogens (primary N) is 1. The van der Waals surface area contributed by atoms with Gasteiger partial charge in [-0.2, -0.15) is 4.98 Å². The number of aliphatic hydroxyl groups excluding tert-OH is 1. The van der Waals surface area contributed by atoms with Crippen LogP contribution in [0.1, 0.15) is 20.3 Å². The molecule has 2 rings (SSSR count). The van der Waals surface area contributed by atoms with Gasteiger partial charge >= 0.3 is 0 Å². The largest absolute Gasteiger partial charge is 0.374 e. The van der Waals surface area contributed by atoms with Crippen LogP contribution in [-0.2, 0) is 10.0 Å². The number of rotatable bonds is 7. The average molecular weight is 477 g/mol. The van der Waals surface area contributed by atoms with E-state index < -0.39 is 16.3 Å². The zero-order chi connectivity index (χ0) is 18.6. The highest BCUT2D eigenvalue weighted by Crippen LogP contribution is 2.21. The molecule has 1 atom stereocenters. The molecule has 1 heterocycles. The summed E-state index contributed by atoms with van der Waals surface area (Å²) >= 11 is 2.08. The van der Waals surface area contributed by atoms with Crippen molar-refractivity contribution in [3.05, 3.63) is 34.0 Å². The Hall–Kier alpha value is -1.50. The van der Waals surface area contributed by atoms with Crippen LogP contribution in [0.4, 0.5) is 17.5 Å². The summed E-state index contributed by atoms with van der Waals surface area (Å²) in [6.07, 6.45) is 1.52. The van der Waals surface area contributed by atoms with Gasteiger partial charge in [-0.3, -0.25) is 0 Å². The molecule has 0 fully saturated rings. The number of aromatic nitrogens is 2. The molecule has 1 aromatic heterocycles. The fourth-order valence-electron chi connectivity index (χ4n) is 2.05. The lowest BCUT2D eigenvalue weighted by Gasteiger charge is -2.17. The summed E-state index contributed by atoms with van der Waals surface area (Å²) < 4.78 is 23.3. The van der Waals surface area contributed by atoms with Crippen molar-refractivity contribution in [2.24, 2.45) is 11.1 Å². The number of hydrogen-bond acceptors (Lipinski definition) is 7. The number of aliphatic hydroxyl groups is 1. The molecule has 0 radical (unpaired) electrons. The monoisotopic (exact) mass is 477 g/mol. The van der Waals surface area contributed by atoms with Gasteiger partial charge in [0.15, 0.2) is 0 Å². The number of halogens is 1. The molecule has 136 valence electrons. The molecule has 0 aliphatic rings. The number of anilines is 3. The van der Waals surface area contributed by atoms with Gasteiger partial charge in [0.25, 0.3) is 0 Å². The van der Waals surface area contributed by atoms with E-state index >= 15 is 0 Å². The summed E-state index contributed by atoms with van der Waals surface area (Å²) in [5.41, 5.74) is 0.613. The fourth-order valence-corrected chi connectivity index (χ4v) is 2.98. The van der Waals surface area contributed by atoms with E-state index in [-0.39, 0.29) is 4.90 Å². The van der Waals surface area contributed by atoms with Crippen molar-refractivity contribution in [2.45, 2.75) is 31.4 Å². The van der Waals surface area contributed by atoms with Crippen molar-refractivity contribution in [2.75, 3.05) is 10.6 Å². The maximum Gasteiger partial charge on any atom is 0.238 e. The third-order valence-electron chi connectivity index (χ3n) is 3.18. The Morgan fingerprint density at radius 1 is 1.28 bits per heavy atom. The minimum atomic E-state index is -3.73. The van der Waals surface area contributed by atoms with Gasteiger partial charge in [0, 0.05) is 11.9 Å². The van der Waals surface area contributed by atoms with Crippen LogP contribution in [-0.4, -0.2) is 29.7 Å². The van der Waals surface area contributed by atoms with E-state index in [1.807, 2.05) is 13.8 Å². The summed E-state index contributed by atoms with van der Waals surface area (Å²) in [5.74, 6) is 1.19. The molecule has 0 saturated carbocycles. The Bertz CT molecular complexity index is 828. The highest BCUT2D eigenvalue weighted by Gasteiger charge is 2.12. The molecule has 5 N–H and O–H groups in total. The second kappa shape index (κ2) is 8.25. The number of nitrogens with zero attached hydrogens (tertiary/aromatic N) is 2. The highest BCUT2D eigenvalue weighted by molar-refractivity contribution is 14.1. The predicted octanol–water partition coefficient (Wildman–Crippen LogP) is 2.25. The molecule has 0 bridgehead atoms. The van der Waals surface area contributed by atoms with Gasteiger partial charge in [-0.15, -0.1) is 0 Å². The zero-order valence-corrected chi connectivity index (χ0v) is 16.7. The second-order valence-electron chi connectivity index (χ2n) is 5.87. The van der Waals surface area contributed by atoms with Crippen molar-refractivity contribution in [3.63, 3.8) is 0 Å². The van der Waals surface area contributed by atoms with Crippen molar-refractivity contribution >= 4 is 50.1 Å². The van der Waals surface area contributed by atoms with Gasteiger partial charge in [-0.25, -0.2) is 18.5 Å². The van der Waals surface area contributed by atoms with E-state index in [4.69, 9.17) is 5.14 Å². The molecule has 0 aliphatic heterocycles. The van der Waals surface area contributed by atoms with Gasteiger partial charge in [-0.1, -0.05) is 13.8 Å². The van der Waals surface area contributed by atoms with Crippen LogP contribution < -0.4 is 15.8 Å². The molecule has 8 nitrogen and oxygen atoms in total. The molecule has 0 saturated heterocycles. The first-order chi connectivity index (χ1) is 11.6. The molecule has 10 heteroatoms. The predicted molar refractivity (Wildman–Crippen MR) is 105 cm³/mol. The van der Waals surface area contributed by atoms with Gasteiger partial charge in [0.2, 0.25) is 16.0 Å². The van der Waals surface area contributed by atoms with Gasteiger partial charge in [0.05, 0.1) is 8.47 Å². The van der Waals surface area contributed by atoms with Crippen LogP contribution in [0.5, 0.6) is 0 Å². The van der Waals surface area contributed by atoms with Crippen molar-refractivity contribution in [3.8, 4) is 0 Å². The smallest absolute Gasteiger partial charge is 0.238 e. The van der Waals surface area contributed by atoms with Gasteiger partial charge in [-0.05, 0) is 59.2 Å². The minimum absolute atomic E-state index is 0.0285. The molecule has 2 aromatic rings. The zero-order valence-electron chi connectivity index (χ0n) is 13.8. The first-order valence-corrected chi connectivity index (χ1v) is 10.1. The van der Waals surface area contributed by atoms with E-state index in [2.05, 4.69) is 43.2 Å². The summed E-state index contributed by atoms with van der Waals surface area (Å²) in [7, 11) is -3.73. The lowest BCUT2D eigenvalue weighted by molar-refractivity contribution is 0.175. The first-order valence-electron chi connectivity index (χ1n) is 7.52. The van der Waals surface area contributed by atoms with Crippen LogP contribution >= 0.6 is 22.6 Å². The number of benzene rings is 1. The van der Waals surface area contributed by atoms with Crippen LogP contribution in [0.15, 0.2) is 35.4 Å². The van der Waals surface area contributed by atoms with Crippen molar-refractivity contribution in [1.82, 2.24) is 9.97 Å². The highest BCUT2D eigenvalue weighted by atomic mass is 127. The third-order valence-corrected chi connectivity index (χ3v) is 4.90.